The van der Waals surface area contributed by atoms with E-state index < -0.39 is 6.09 Å². The Kier molecular flexibility index (Phi) is 8.26. The monoisotopic (exact) mass is 430 g/mol. The van der Waals surface area contributed by atoms with Gasteiger partial charge in [0, 0.05) is 13.1 Å². The molecule has 166 valence electrons. The summed E-state index contributed by atoms with van der Waals surface area (Å²) in [5.41, 5.74) is 11.2. The highest BCUT2D eigenvalue weighted by atomic mass is 16.5. The van der Waals surface area contributed by atoms with Gasteiger partial charge in [-0.2, -0.15) is 0 Å². The quantitative estimate of drug-likeness (QED) is 0.432. The molecule has 2 aromatic carbocycles. The molecule has 1 heterocycles. The maximum absolute atomic E-state index is 12.0. The summed E-state index contributed by atoms with van der Waals surface area (Å²) < 4.78 is 7.33. The van der Waals surface area contributed by atoms with E-state index in [-0.39, 0.29) is 0 Å². The largest absolute Gasteiger partial charge is 0.450 e. The van der Waals surface area contributed by atoms with Gasteiger partial charge in [0.05, 0.1) is 24.3 Å². The first-order valence-electron chi connectivity index (χ1n) is 10.8. The number of rotatable bonds is 10. The van der Waals surface area contributed by atoms with E-state index in [0.29, 0.717) is 24.5 Å². The molecule has 6 nitrogen and oxygen atoms in total. The van der Waals surface area contributed by atoms with Gasteiger partial charge in [0.25, 0.3) is 0 Å². The first kappa shape index (κ1) is 22.9. The number of aryl methyl sites for hydroxylation is 1. The molecule has 32 heavy (non-hydrogen) atoms. The van der Waals surface area contributed by atoms with Gasteiger partial charge in [-0.25, -0.2) is 9.78 Å². The van der Waals surface area contributed by atoms with Crippen molar-refractivity contribution in [1.82, 2.24) is 14.9 Å². The van der Waals surface area contributed by atoms with Crippen molar-refractivity contribution in [2.45, 2.75) is 32.9 Å². The van der Waals surface area contributed by atoms with Gasteiger partial charge in [0.2, 0.25) is 0 Å². The van der Waals surface area contributed by atoms with Crippen molar-refractivity contribution in [3.63, 3.8) is 0 Å². The van der Waals surface area contributed by atoms with Crippen LogP contribution in [0.25, 0.3) is 22.9 Å². The number of aromatic nitrogens is 2. The zero-order chi connectivity index (χ0) is 22.8. The van der Waals surface area contributed by atoms with Gasteiger partial charge in [0.15, 0.2) is 0 Å². The summed E-state index contributed by atoms with van der Waals surface area (Å²) in [7, 11) is 0. The summed E-state index contributed by atoms with van der Waals surface area (Å²) in [6.45, 7) is 7.28. The molecule has 0 radical (unpaired) electrons. The van der Waals surface area contributed by atoms with Crippen molar-refractivity contribution >= 4 is 17.9 Å². The fourth-order valence-electron chi connectivity index (χ4n) is 3.37. The minimum Gasteiger partial charge on any atom is -0.450 e. The number of carbonyl (C=O) groups is 1. The fourth-order valence-corrected chi connectivity index (χ4v) is 3.37. The van der Waals surface area contributed by atoms with Crippen LogP contribution >= 0.6 is 0 Å². The molecule has 0 saturated heterocycles. The van der Waals surface area contributed by atoms with Crippen molar-refractivity contribution < 1.29 is 9.53 Å². The SMILES string of the molecule is C=C(N)c1ncn(CCCCOC(=O)NCc2ccc(-c3ccccc3)cc2)c1/C=C\C. The molecule has 0 spiro atoms. The molecule has 1 amide bonds. The number of hydrogen-bond donors (Lipinski definition) is 2. The second-order valence-electron chi connectivity index (χ2n) is 7.46. The number of unbranched alkanes of at least 4 members (excludes halogenated alkanes) is 1. The number of imidazole rings is 1. The normalized spacial score (nSPS) is 10.9. The van der Waals surface area contributed by atoms with Gasteiger partial charge < -0.3 is 20.4 Å². The van der Waals surface area contributed by atoms with E-state index in [4.69, 9.17) is 10.5 Å². The summed E-state index contributed by atoms with van der Waals surface area (Å²) in [5, 5.41) is 2.80. The van der Waals surface area contributed by atoms with Gasteiger partial charge in [0.1, 0.15) is 5.69 Å². The van der Waals surface area contributed by atoms with Crippen molar-refractivity contribution in [3.05, 3.63) is 90.5 Å². The molecular formula is C26H30N4O2. The van der Waals surface area contributed by atoms with Crippen LogP contribution in [0, 0.1) is 0 Å². The van der Waals surface area contributed by atoms with E-state index in [1.165, 1.54) is 5.56 Å². The average molecular weight is 431 g/mol. The molecule has 3 rings (SSSR count). The van der Waals surface area contributed by atoms with E-state index in [0.717, 1.165) is 36.2 Å². The molecule has 0 atom stereocenters. The molecule has 0 aliphatic rings. The number of nitrogens with zero attached hydrogens (tertiary/aromatic N) is 2. The first-order chi connectivity index (χ1) is 15.6. The standard InChI is InChI=1S/C26H30N4O2/c1-3-9-24-25(20(2)27)29-19-30(24)16-7-8-17-32-26(31)28-18-21-12-14-23(15-13-21)22-10-5-4-6-11-22/h3-6,9-15,19H,2,7-8,16-18,27H2,1H3,(H,28,31)/b9-3-. The lowest BCUT2D eigenvalue weighted by molar-refractivity contribution is 0.143. The topological polar surface area (TPSA) is 82.2 Å². The molecule has 0 aliphatic carbocycles. The maximum atomic E-state index is 12.0. The Hall–Kier alpha value is -3.80. The lowest BCUT2D eigenvalue weighted by Crippen LogP contribution is -2.24. The highest BCUT2D eigenvalue weighted by Crippen LogP contribution is 2.19. The number of nitrogens with one attached hydrogen (secondary N) is 1. The van der Waals surface area contributed by atoms with Crippen molar-refractivity contribution in [3.8, 4) is 11.1 Å². The highest BCUT2D eigenvalue weighted by Gasteiger charge is 2.09. The lowest BCUT2D eigenvalue weighted by Gasteiger charge is -2.09. The van der Waals surface area contributed by atoms with Crippen molar-refractivity contribution in [2.24, 2.45) is 5.73 Å². The summed E-state index contributed by atoms with van der Waals surface area (Å²) in [6, 6.07) is 18.3. The molecule has 3 N–H and O–H groups in total. The Morgan fingerprint density at radius 3 is 2.53 bits per heavy atom. The molecule has 6 heteroatoms. The second-order valence-corrected chi connectivity index (χ2v) is 7.46. The number of hydrogen-bond acceptors (Lipinski definition) is 4. The van der Waals surface area contributed by atoms with E-state index in [1.54, 1.807) is 6.33 Å². The van der Waals surface area contributed by atoms with Crippen LogP contribution in [0.3, 0.4) is 0 Å². The third-order valence-corrected chi connectivity index (χ3v) is 5.03. The van der Waals surface area contributed by atoms with E-state index in [2.05, 4.69) is 41.1 Å². The van der Waals surface area contributed by atoms with E-state index in [1.807, 2.05) is 54.0 Å². The summed E-state index contributed by atoms with van der Waals surface area (Å²) in [6.07, 6.45) is 6.88. The molecule has 0 aliphatic heterocycles. The Morgan fingerprint density at radius 2 is 1.84 bits per heavy atom. The molecule has 1 aromatic heterocycles. The fraction of sp³-hybridized carbons (Fsp3) is 0.231. The van der Waals surface area contributed by atoms with Crippen molar-refractivity contribution in [2.75, 3.05) is 6.61 Å². The Morgan fingerprint density at radius 1 is 1.12 bits per heavy atom. The van der Waals surface area contributed by atoms with Gasteiger partial charge >= 0.3 is 6.09 Å². The Balaban J connectivity index is 1.37. The number of amides is 1. The lowest BCUT2D eigenvalue weighted by atomic mass is 10.0. The predicted octanol–water partition coefficient (Wildman–Crippen LogP) is 5.22. The van der Waals surface area contributed by atoms with E-state index >= 15 is 0 Å². The number of ether oxygens (including phenoxy) is 1. The number of nitrogens with two attached hydrogens (primary N) is 1. The summed E-state index contributed by atoms with van der Waals surface area (Å²) >= 11 is 0. The number of benzene rings is 2. The predicted molar refractivity (Wildman–Crippen MR) is 129 cm³/mol. The number of alkyl carbamates (subject to hydrolysis) is 1. The van der Waals surface area contributed by atoms with Crippen molar-refractivity contribution in [1.29, 1.82) is 0 Å². The molecule has 3 aromatic rings. The second kappa shape index (κ2) is 11.6. The van der Waals surface area contributed by atoms with Crippen LogP contribution in [0.1, 0.15) is 36.7 Å². The van der Waals surface area contributed by atoms with Gasteiger partial charge in [-0.15, -0.1) is 0 Å². The van der Waals surface area contributed by atoms with Crippen LogP contribution in [0.15, 0.2) is 73.6 Å². The maximum Gasteiger partial charge on any atom is 0.407 e. The van der Waals surface area contributed by atoms with Gasteiger partial charge in [-0.05, 0) is 42.5 Å². The smallest absolute Gasteiger partial charge is 0.407 e. The van der Waals surface area contributed by atoms with Crippen LogP contribution in [0.2, 0.25) is 0 Å². The zero-order valence-corrected chi connectivity index (χ0v) is 18.5. The Bertz CT molecular complexity index is 1050. The minimum absolute atomic E-state index is 0.364. The Labute approximate surface area is 189 Å². The highest BCUT2D eigenvalue weighted by molar-refractivity contribution is 5.68. The van der Waals surface area contributed by atoms with Crippen LogP contribution in [-0.2, 0) is 17.8 Å². The molecule has 0 saturated carbocycles. The van der Waals surface area contributed by atoms with Crippen LogP contribution in [0.5, 0.6) is 0 Å². The molecule has 0 unspecified atom stereocenters. The first-order valence-corrected chi connectivity index (χ1v) is 10.8. The van der Waals surface area contributed by atoms with E-state index in [9.17, 15) is 4.79 Å². The third-order valence-electron chi connectivity index (χ3n) is 5.03. The van der Waals surface area contributed by atoms with Gasteiger partial charge in [-0.3, -0.25) is 0 Å². The number of carbonyl (C=O) groups excluding carboxylic acids is 1. The molecular weight excluding hydrogens is 400 g/mol. The zero-order valence-electron chi connectivity index (χ0n) is 18.5. The average Bonchev–Trinajstić information content (AvgIpc) is 3.21. The van der Waals surface area contributed by atoms with Gasteiger partial charge in [-0.1, -0.05) is 67.3 Å². The van der Waals surface area contributed by atoms with Crippen LogP contribution in [0.4, 0.5) is 4.79 Å². The van der Waals surface area contributed by atoms with Crippen LogP contribution < -0.4 is 11.1 Å². The molecule has 0 bridgehead atoms. The number of allylic oxidation sites excluding steroid dienone is 1. The third kappa shape index (κ3) is 6.35. The minimum atomic E-state index is -0.406. The summed E-state index contributed by atoms with van der Waals surface area (Å²) in [5.74, 6) is 0. The summed E-state index contributed by atoms with van der Waals surface area (Å²) in [4.78, 5) is 16.3. The van der Waals surface area contributed by atoms with Crippen LogP contribution in [-0.4, -0.2) is 22.3 Å². The molecule has 0 fully saturated rings.